The number of aromatic amines is 1. The molecule has 4 nitrogen and oxygen atoms in total. The first-order valence-electron chi connectivity index (χ1n) is 8.02. The van der Waals surface area contributed by atoms with Gasteiger partial charge < -0.3 is 14.5 Å². The number of benzene rings is 1. The van der Waals surface area contributed by atoms with Gasteiger partial charge in [-0.1, -0.05) is 18.2 Å². The van der Waals surface area contributed by atoms with Crippen LogP contribution in [0.4, 0.5) is 0 Å². The second-order valence-corrected chi connectivity index (χ2v) is 6.31. The molecule has 1 aromatic carbocycles. The van der Waals surface area contributed by atoms with E-state index in [0.717, 1.165) is 38.6 Å². The Kier molecular flexibility index (Phi) is 3.87. The van der Waals surface area contributed by atoms with Crippen molar-refractivity contribution in [3.63, 3.8) is 0 Å². The Morgan fingerprint density at radius 3 is 2.86 bits per heavy atom. The van der Waals surface area contributed by atoms with Gasteiger partial charge in [-0.25, -0.2) is 0 Å². The van der Waals surface area contributed by atoms with Crippen molar-refractivity contribution in [2.24, 2.45) is 11.8 Å². The Bertz CT molecular complexity index is 584. The fourth-order valence-corrected chi connectivity index (χ4v) is 3.61. The lowest BCUT2D eigenvalue weighted by molar-refractivity contribution is 0.0896. The molecule has 0 radical (unpaired) electrons. The Balaban J connectivity index is 1.32. The molecular weight excluding hydrogens is 276 g/mol. The smallest absolute Gasteiger partial charge is 0.119 e. The van der Waals surface area contributed by atoms with Gasteiger partial charge in [0, 0.05) is 43.4 Å². The van der Waals surface area contributed by atoms with Gasteiger partial charge in [0.25, 0.3) is 0 Å². The minimum absolute atomic E-state index is 0.374. The van der Waals surface area contributed by atoms with E-state index in [1.807, 2.05) is 36.5 Å². The number of rotatable bonds is 5. The molecule has 0 saturated carbocycles. The largest absolute Gasteiger partial charge is 0.493 e. The summed E-state index contributed by atoms with van der Waals surface area (Å²) in [4.78, 5) is 5.76. The molecular formula is C18H22N2O2. The van der Waals surface area contributed by atoms with Crippen LogP contribution in [-0.4, -0.2) is 42.3 Å². The predicted molar refractivity (Wildman–Crippen MR) is 84.7 cm³/mol. The fourth-order valence-electron chi connectivity index (χ4n) is 3.61. The van der Waals surface area contributed by atoms with Gasteiger partial charge in [0.15, 0.2) is 0 Å². The minimum atomic E-state index is 0.374. The van der Waals surface area contributed by atoms with Gasteiger partial charge in [0.1, 0.15) is 5.75 Å². The second kappa shape index (κ2) is 6.15. The average molecular weight is 298 g/mol. The number of nitrogens with zero attached hydrogens (tertiary/aromatic N) is 1. The van der Waals surface area contributed by atoms with Crippen LogP contribution in [0.2, 0.25) is 0 Å². The molecule has 0 spiro atoms. The Hall–Kier alpha value is -1.78. The first-order chi connectivity index (χ1) is 10.9. The van der Waals surface area contributed by atoms with Crippen LogP contribution in [0.3, 0.4) is 0 Å². The van der Waals surface area contributed by atoms with Crippen LogP contribution in [0.1, 0.15) is 5.69 Å². The molecule has 0 unspecified atom stereocenters. The van der Waals surface area contributed by atoms with Crippen molar-refractivity contribution in [2.75, 3.05) is 26.3 Å². The molecule has 4 heteroatoms. The Morgan fingerprint density at radius 2 is 2.05 bits per heavy atom. The maximum Gasteiger partial charge on any atom is 0.119 e. The number of hydrogen-bond donors (Lipinski definition) is 1. The summed E-state index contributed by atoms with van der Waals surface area (Å²) in [7, 11) is 0. The molecule has 2 aromatic rings. The minimum Gasteiger partial charge on any atom is -0.493 e. The third-order valence-electron chi connectivity index (χ3n) is 4.78. The second-order valence-electron chi connectivity index (χ2n) is 6.31. The topological polar surface area (TPSA) is 37.5 Å². The number of aromatic nitrogens is 1. The van der Waals surface area contributed by atoms with E-state index in [-0.39, 0.29) is 0 Å². The quantitative estimate of drug-likeness (QED) is 0.922. The molecule has 3 heterocycles. The van der Waals surface area contributed by atoms with Gasteiger partial charge in [-0.05, 0) is 24.3 Å². The zero-order valence-corrected chi connectivity index (χ0v) is 12.7. The van der Waals surface area contributed by atoms with Crippen molar-refractivity contribution >= 4 is 0 Å². The molecule has 2 aliphatic heterocycles. The lowest BCUT2D eigenvalue weighted by Crippen LogP contribution is -2.26. The van der Waals surface area contributed by atoms with Crippen molar-refractivity contribution in [1.29, 1.82) is 0 Å². The first kappa shape index (κ1) is 13.9. The van der Waals surface area contributed by atoms with Crippen LogP contribution in [0.25, 0.3) is 0 Å². The van der Waals surface area contributed by atoms with Crippen LogP contribution >= 0.6 is 0 Å². The molecule has 0 bridgehead atoms. The third kappa shape index (κ3) is 2.89. The summed E-state index contributed by atoms with van der Waals surface area (Å²) in [5.41, 5.74) is 1.28. The highest BCUT2D eigenvalue weighted by atomic mass is 16.5. The number of nitrogens with one attached hydrogen (secondary N) is 1. The predicted octanol–water partition coefficient (Wildman–Crippen LogP) is 2.54. The monoisotopic (exact) mass is 298 g/mol. The van der Waals surface area contributed by atoms with Crippen LogP contribution in [0, 0.1) is 11.8 Å². The van der Waals surface area contributed by atoms with Crippen molar-refractivity contribution < 1.29 is 9.47 Å². The zero-order valence-electron chi connectivity index (χ0n) is 12.7. The molecule has 0 aliphatic carbocycles. The van der Waals surface area contributed by atoms with Crippen molar-refractivity contribution in [3.05, 3.63) is 54.4 Å². The number of para-hydroxylation sites is 1. The molecule has 3 atom stereocenters. The molecule has 1 aromatic heterocycles. The van der Waals surface area contributed by atoms with E-state index in [9.17, 15) is 0 Å². The number of hydrogen-bond acceptors (Lipinski definition) is 3. The zero-order chi connectivity index (χ0) is 14.8. The van der Waals surface area contributed by atoms with E-state index < -0.39 is 0 Å². The number of likely N-dealkylation sites (tertiary alicyclic amines) is 1. The molecule has 4 rings (SSSR count). The standard InChI is InChI=1S/C18H22N2O2/c1-2-6-16(7-3-1)21-12-14-13-22-18-11-20(10-17(14)18)9-15-5-4-8-19-15/h1-8,14,17-19H,9-13H2/t14-,17-,18-/m0/s1. The van der Waals surface area contributed by atoms with Crippen LogP contribution in [0.5, 0.6) is 5.75 Å². The molecule has 2 saturated heterocycles. The summed E-state index contributed by atoms with van der Waals surface area (Å²) in [6, 6.07) is 14.3. The summed E-state index contributed by atoms with van der Waals surface area (Å²) < 4.78 is 11.9. The van der Waals surface area contributed by atoms with Crippen molar-refractivity contribution in [3.8, 4) is 5.75 Å². The van der Waals surface area contributed by atoms with Gasteiger partial charge in [-0.2, -0.15) is 0 Å². The van der Waals surface area contributed by atoms with Gasteiger partial charge in [-0.3, -0.25) is 4.90 Å². The lowest BCUT2D eigenvalue weighted by atomic mass is 9.94. The third-order valence-corrected chi connectivity index (χ3v) is 4.78. The van der Waals surface area contributed by atoms with Crippen LogP contribution in [-0.2, 0) is 11.3 Å². The molecule has 2 fully saturated rings. The molecule has 2 aliphatic rings. The first-order valence-corrected chi connectivity index (χ1v) is 8.02. The highest BCUT2D eigenvalue weighted by Crippen LogP contribution is 2.34. The number of ether oxygens (including phenoxy) is 2. The van der Waals surface area contributed by atoms with Gasteiger partial charge >= 0.3 is 0 Å². The van der Waals surface area contributed by atoms with E-state index in [2.05, 4.69) is 22.0 Å². The summed E-state index contributed by atoms with van der Waals surface area (Å²) in [5.74, 6) is 2.05. The Labute approximate surface area is 131 Å². The number of H-pyrrole nitrogens is 1. The lowest BCUT2D eigenvalue weighted by Gasteiger charge is -2.19. The van der Waals surface area contributed by atoms with E-state index >= 15 is 0 Å². The molecule has 0 amide bonds. The maximum atomic E-state index is 6.00. The average Bonchev–Trinajstić information content (AvgIpc) is 3.25. The van der Waals surface area contributed by atoms with Gasteiger partial charge in [0.2, 0.25) is 0 Å². The molecule has 22 heavy (non-hydrogen) atoms. The fraction of sp³-hybridized carbons (Fsp3) is 0.444. The highest BCUT2D eigenvalue weighted by Gasteiger charge is 2.43. The van der Waals surface area contributed by atoms with Crippen molar-refractivity contribution in [1.82, 2.24) is 9.88 Å². The van der Waals surface area contributed by atoms with E-state index in [4.69, 9.17) is 9.47 Å². The van der Waals surface area contributed by atoms with Crippen LogP contribution in [0.15, 0.2) is 48.7 Å². The SMILES string of the molecule is c1ccc(OC[C@H]2CO[C@H]3CN(Cc4ccc[nH]4)C[C@@H]23)cc1. The van der Waals surface area contributed by atoms with Gasteiger partial charge in [-0.15, -0.1) is 0 Å². The van der Waals surface area contributed by atoms with E-state index in [0.29, 0.717) is 17.9 Å². The normalized spacial score (nSPS) is 27.9. The van der Waals surface area contributed by atoms with E-state index in [1.165, 1.54) is 5.69 Å². The van der Waals surface area contributed by atoms with Gasteiger partial charge in [0.05, 0.1) is 19.3 Å². The summed E-state index contributed by atoms with van der Waals surface area (Å²) in [6.45, 7) is 4.70. The maximum absolute atomic E-state index is 6.00. The van der Waals surface area contributed by atoms with Crippen LogP contribution < -0.4 is 4.74 Å². The number of fused-ring (bicyclic) bond motifs is 1. The summed E-state index contributed by atoms with van der Waals surface area (Å²) in [5, 5.41) is 0. The van der Waals surface area contributed by atoms with E-state index in [1.54, 1.807) is 0 Å². The Morgan fingerprint density at radius 1 is 1.14 bits per heavy atom. The molecule has 1 N–H and O–H groups in total. The van der Waals surface area contributed by atoms with Crippen molar-refractivity contribution in [2.45, 2.75) is 12.6 Å². The summed E-state index contributed by atoms with van der Waals surface area (Å²) >= 11 is 0. The summed E-state index contributed by atoms with van der Waals surface area (Å²) in [6.07, 6.45) is 2.36. The highest BCUT2D eigenvalue weighted by molar-refractivity contribution is 5.21. The molecule has 116 valence electrons.